The standard InChI is InChI=1S/C10H7BrFIN2O/c11-4-3-5-6-8(7(4)12)15-10(13)9(6)14-1-2-16-5/h3,14-15H,1-2H2. The summed E-state index contributed by atoms with van der Waals surface area (Å²) in [6.45, 7) is 1.30. The van der Waals surface area contributed by atoms with Gasteiger partial charge in [0.1, 0.15) is 16.1 Å². The molecule has 0 fully saturated rings. The van der Waals surface area contributed by atoms with Crippen LogP contribution >= 0.6 is 38.5 Å². The number of aromatic amines is 1. The van der Waals surface area contributed by atoms with E-state index in [0.717, 1.165) is 21.3 Å². The third-order valence-corrected chi connectivity index (χ3v) is 3.94. The first-order valence-corrected chi connectivity index (χ1v) is 6.61. The maximum Gasteiger partial charge on any atom is 0.161 e. The highest BCUT2D eigenvalue weighted by Gasteiger charge is 2.21. The number of anilines is 1. The molecule has 1 aromatic heterocycles. The number of benzene rings is 1. The fourth-order valence-corrected chi connectivity index (χ4v) is 3.00. The zero-order valence-corrected chi connectivity index (χ0v) is 11.8. The molecule has 16 heavy (non-hydrogen) atoms. The first-order valence-electron chi connectivity index (χ1n) is 4.74. The lowest BCUT2D eigenvalue weighted by Crippen LogP contribution is -2.08. The van der Waals surface area contributed by atoms with Gasteiger partial charge in [-0.15, -0.1) is 0 Å². The number of ether oxygens (including phenoxy) is 1. The van der Waals surface area contributed by atoms with Gasteiger partial charge >= 0.3 is 0 Å². The maximum absolute atomic E-state index is 13.9. The summed E-state index contributed by atoms with van der Waals surface area (Å²) >= 11 is 5.35. The summed E-state index contributed by atoms with van der Waals surface area (Å²) in [4.78, 5) is 3.03. The fraction of sp³-hybridized carbons (Fsp3) is 0.200. The van der Waals surface area contributed by atoms with E-state index in [4.69, 9.17) is 4.74 Å². The molecular weight excluding hydrogens is 390 g/mol. The van der Waals surface area contributed by atoms with E-state index in [2.05, 4.69) is 48.8 Å². The van der Waals surface area contributed by atoms with Gasteiger partial charge in [-0.25, -0.2) is 4.39 Å². The first-order chi connectivity index (χ1) is 7.68. The van der Waals surface area contributed by atoms with Crippen molar-refractivity contribution in [3.63, 3.8) is 0 Å². The van der Waals surface area contributed by atoms with Crippen LogP contribution in [0, 0.1) is 9.52 Å². The summed E-state index contributed by atoms with van der Waals surface area (Å²) in [6, 6.07) is 1.68. The van der Waals surface area contributed by atoms with Crippen molar-refractivity contribution in [2.75, 3.05) is 18.5 Å². The van der Waals surface area contributed by atoms with Gasteiger partial charge in [0.15, 0.2) is 5.82 Å². The normalized spacial score (nSPS) is 14.4. The second-order valence-electron chi connectivity index (χ2n) is 3.51. The Morgan fingerprint density at radius 3 is 3.12 bits per heavy atom. The predicted molar refractivity (Wildman–Crippen MR) is 72.7 cm³/mol. The molecule has 1 aliphatic rings. The quantitative estimate of drug-likeness (QED) is 0.669. The second-order valence-corrected chi connectivity index (χ2v) is 5.44. The highest BCUT2D eigenvalue weighted by atomic mass is 127. The largest absolute Gasteiger partial charge is 0.491 e. The van der Waals surface area contributed by atoms with Crippen LogP contribution in [0.15, 0.2) is 10.5 Å². The minimum atomic E-state index is -0.282. The topological polar surface area (TPSA) is 37.0 Å². The fourth-order valence-electron chi connectivity index (χ4n) is 1.87. The van der Waals surface area contributed by atoms with E-state index in [9.17, 15) is 4.39 Å². The van der Waals surface area contributed by atoms with Crippen LogP contribution in [-0.4, -0.2) is 18.1 Å². The van der Waals surface area contributed by atoms with Crippen LogP contribution in [-0.2, 0) is 0 Å². The lowest BCUT2D eigenvalue weighted by molar-refractivity contribution is 0.339. The molecule has 3 nitrogen and oxygen atoms in total. The van der Waals surface area contributed by atoms with Crippen LogP contribution in [0.4, 0.5) is 10.1 Å². The van der Waals surface area contributed by atoms with E-state index in [1.165, 1.54) is 0 Å². The summed E-state index contributed by atoms with van der Waals surface area (Å²) in [5.74, 6) is 0.428. The zero-order valence-electron chi connectivity index (χ0n) is 8.03. The Bertz CT molecular complexity index is 584. The van der Waals surface area contributed by atoms with E-state index in [0.29, 0.717) is 22.3 Å². The summed E-state index contributed by atoms with van der Waals surface area (Å²) in [5, 5.41) is 4.03. The molecule has 2 aromatic rings. The molecule has 0 aliphatic carbocycles. The Kier molecular flexibility index (Phi) is 2.50. The minimum absolute atomic E-state index is 0.282. The summed E-state index contributed by atoms with van der Waals surface area (Å²) in [6.07, 6.45) is 0. The number of H-pyrrole nitrogens is 1. The molecule has 3 rings (SSSR count). The van der Waals surface area contributed by atoms with Crippen LogP contribution in [0.3, 0.4) is 0 Å². The molecule has 0 atom stereocenters. The van der Waals surface area contributed by atoms with Crippen molar-refractivity contribution in [3.05, 3.63) is 20.1 Å². The molecule has 1 aliphatic heterocycles. The van der Waals surface area contributed by atoms with E-state index in [-0.39, 0.29) is 5.82 Å². The number of halogens is 3. The summed E-state index contributed by atoms with van der Waals surface area (Å²) in [5.41, 5.74) is 1.41. The molecule has 84 valence electrons. The monoisotopic (exact) mass is 396 g/mol. The van der Waals surface area contributed by atoms with Gasteiger partial charge in [-0.3, -0.25) is 0 Å². The Labute approximate surface area is 113 Å². The van der Waals surface area contributed by atoms with Gasteiger partial charge in [0.05, 0.1) is 21.1 Å². The third-order valence-electron chi connectivity index (χ3n) is 2.55. The Hall–Kier alpha value is -0.500. The van der Waals surface area contributed by atoms with E-state index in [1.54, 1.807) is 6.07 Å². The van der Waals surface area contributed by atoms with E-state index in [1.807, 2.05) is 0 Å². The van der Waals surface area contributed by atoms with Crippen LogP contribution in [0.5, 0.6) is 5.75 Å². The highest BCUT2D eigenvalue weighted by molar-refractivity contribution is 14.1. The molecule has 0 saturated carbocycles. The van der Waals surface area contributed by atoms with Gasteiger partial charge in [0.2, 0.25) is 0 Å². The molecule has 0 radical (unpaired) electrons. The molecular formula is C10H7BrFIN2O. The van der Waals surface area contributed by atoms with Crippen LogP contribution in [0.25, 0.3) is 10.9 Å². The molecule has 6 heteroatoms. The average Bonchev–Trinajstić information content (AvgIpc) is 2.46. The lowest BCUT2D eigenvalue weighted by Gasteiger charge is -2.05. The van der Waals surface area contributed by atoms with Crippen molar-refractivity contribution in [1.29, 1.82) is 0 Å². The van der Waals surface area contributed by atoms with Crippen LogP contribution < -0.4 is 10.1 Å². The van der Waals surface area contributed by atoms with Crippen molar-refractivity contribution in [2.24, 2.45) is 0 Å². The molecule has 0 bridgehead atoms. The molecule has 0 amide bonds. The van der Waals surface area contributed by atoms with Gasteiger partial charge < -0.3 is 15.0 Å². The Morgan fingerprint density at radius 1 is 1.50 bits per heavy atom. The molecule has 0 unspecified atom stereocenters. The lowest BCUT2D eigenvalue weighted by atomic mass is 10.2. The number of rotatable bonds is 0. The average molecular weight is 397 g/mol. The molecule has 1 aromatic carbocycles. The number of aromatic nitrogens is 1. The van der Waals surface area contributed by atoms with Crippen molar-refractivity contribution in [1.82, 2.24) is 4.98 Å². The Balaban J connectivity index is 2.47. The van der Waals surface area contributed by atoms with Gasteiger partial charge in [-0.05, 0) is 44.6 Å². The predicted octanol–water partition coefficient (Wildman–Crippen LogP) is 3.48. The summed E-state index contributed by atoms with van der Waals surface area (Å²) < 4.78 is 20.8. The molecule has 2 N–H and O–H groups in total. The molecule has 2 heterocycles. The number of hydrogen-bond donors (Lipinski definition) is 2. The van der Waals surface area contributed by atoms with Crippen molar-refractivity contribution in [2.45, 2.75) is 0 Å². The van der Waals surface area contributed by atoms with Gasteiger partial charge in [0.25, 0.3) is 0 Å². The number of hydrogen-bond acceptors (Lipinski definition) is 2. The van der Waals surface area contributed by atoms with Gasteiger partial charge in [0, 0.05) is 6.54 Å². The van der Waals surface area contributed by atoms with E-state index < -0.39 is 0 Å². The van der Waals surface area contributed by atoms with Crippen molar-refractivity contribution in [3.8, 4) is 5.75 Å². The molecule has 0 saturated heterocycles. The van der Waals surface area contributed by atoms with Gasteiger partial charge in [-0.2, -0.15) is 0 Å². The summed E-state index contributed by atoms with van der Waals surface area (Å²) in [7, 11) is 0. The van der Waals surface area contributed by atoms with E-state index >= 15 is 0 Å². The zero-order chi connectivity index (χ0) is 11.3. The third kappa shape index (κ3) is 1.42. The SMILES string of the molecule is Fc1c(Br)cc2c3c(c(I)[nH]c13)NCCO2. The maximum atomic E-state index is 13.9. The Morgan fingerprint density at radius 2 is 2.31 bits per heavy atom. The van der Waals surface area contributed by atoms with Crippen LogP contribution in [0.1, 0.15) is 0 Å². The van der Waals surface area contributed by atoms with Crippen molar-refractivity contribution < 1.29 is 9.13 Å². The highest BCUT2D eigenvalue weighted by Crippen LogP contribution is 2.41. The van der Waals surface area contributed by atoms with Crippen LogP contribution in [0.2, 0.25) is 0 Å². The molecule has 0 spiro atoms. The first kappa shape index (κ1) is 10.6. The second kappa shape index (κ2) is 3.76. The smallest absolute Gasteiger partial charge is 0.161 e. The minimum Gasteiger partial charge on any atom is -0.491 e. The van der Waals surface area contributed by atoms with Gasteiger partial charge in [-0.1, -0.05) is 0 Å². The number of nitrogens with one attached hydrogen (secondary N) is 2. The van der Waals surface area contributed by atoms with Crippen molar-refractivity contribution >= 4 is 55.1 Å².